The molecule has 2 rings (SSSR count). The van der Waals surface area contributed by atoms with Crippen molar-refractivity contribution in [3.63, 3.8) is 0 Å². The smallest absolute Gasteiger partial charge is 0.253 e. The van der Waals surface area contributed by atoms with Gasteiger partial charge in [0.25, 0.3) is 11.8 Å². The Morgan fingerprint density at radius 1 is 0.611 bits per heavy atom. The van der Waals surface area contributed by atoms with Crippen LogP contribution in [-0.4, -0.2) is 37.8 Å². The van der Waals surface area contributed by atoms with Crippen molar-refractivity contribution in [2.24, 2.45) is 0 Å². The van der Waals surface area contributed by atoms with Gasteiger partial charge in [-0.1, -0.05) is 216 Å². The zero-order chi connectivity index (χ0) is 39.0. The minimum absolute atomic E-state index is 0.148. The first-order valence-corrected chi connectivity index (χ1v) is 24.2. The van der Waals surface area contributed by atoms with Gasteiger partial charge in [0, 0.05) is 19.0 Å². The highest BCUT2D eigenvalue weighted by Crippen LogP contribution is 2.36. The molecule has 0 radical (unpaired) electrons. The number of pyridine rings is 1. The van der Waals surface area contributed by atoms with E-state index in [4.69, 9.17) is 15.4 Å². The summed E-state index contributed by atoms with van der Waals surface area (Å²) < 4.78 is 0. The molecule has 11 heteroatoms. The SMILES string of the molecule is CCCCCCCCCCCCCCCCCCCCCCCCCCCCCCCCCC(OOOO)SSc1ccccn1.O=C1CCC(=O)N1O. The second kappa shape index (κ2) is 40.0. The molecule has 1 aliphatic heterocycles. The number of imide groups is 1. The first-order valence-electron chi connectivity index (χ1n) is 22.0. The van der Waals surface area contributed by atoms with Crippen molar-refractivity contribution in [2.75, 3.05) is 0 Å². The Hall–Kier alpha value is -1.21. The topological polar surface area (TPSA) is 118 Å². The molecule has 0 bridgehead atoms. The fourth-order valence-electron chi connectivity index (χ4n) is 6.75. The van der Waals surface area contributed by atoms with Gasteiger partial charge >= 0.3 is 0 Å². The summed E-state index contributed by atoms with van der Waals surface area (Å²) in [7, 11) is 3.06. The maximum absolute atomic E-state index is 10.2. The van der Waals surface area contributed by atoms with E-state index in [1.165, 1.54) is 214 Å². The molecule has 1 fully saturated rings. The zero-order valence-corrected chi connectivity index (χ0v) is 35.7. The number of unbranched alkanes of at least 4 members (excludes halogenated alkanes) is 30. The largest absolute Gasteiger partial charge is 0.279 e. The van der Waals surface area contributed by atoms with Crippen LogP contribution in [0.4, 0.5) is 0 Å². The molecule has 0 aliphatic carbocycles. The summed E-state index contributed by atoms with van der Waals surface area (Å²) in [5, 5.41) is 25.8. The van der Waals surface area contributed by atoms with Crippen LogP contribution in [-0.2, 0) is 24.6 Å². The number of hydrogen-bond acceptors (Lipinski definition) is 10. The van der Waals surface area contributed by atoms with E-state index in [2.05, 4.69) is 22.0 Å². The van der Waals surface area contributed by atoms with Crippen molar-refractivity contribution >= 4 is 33.4 Å². The summed E-state index contributed by atoms with van der Waals surface area (Å²) in [6.45, 7) is 2.30. The Labute approximate surface area is 337 Å². The number of hydroxylamine groups is 2. The summed E-state index contributed by atoms with van der Waals surface area (Å²) in [4.78, 5) is 29.9. The molecule has 1 aromatic heterocycles. The van der Waals surface area contributed by atoms with Gasteiger partial charge in [0.1, 0.15) is 5.03 Å². The molecule has 1 unspecified atom stereocenters. The normalized spacial score (nSPS) is 13.4. The zero-order valence-electron chi connectivity index (χ0n) is 34.1. The molecule has 0 aromatic carbocycles. The monoisotopic (exact) mass is 799 g/mol. The Kier molecular flexibility index (Phi) is 37.6. The molecule has 1 saturated heterocycles. The number of carbonyl (C=O) groups excluding carboxylic acids is 2. The Morgan fingerprint density at radius 2 is 0.981 bits per heavy atom. The number of aromatic nitrogens is 1. The van der Waals surface area contributed by atoms with Crippen molar-refractivity contribution in [2.45, 2.75) is 236 Å². The number of hydrogen-bond donors (Lipinski definition) is 2. The molecule has 1 atom stereocenters. The predicted octanol–water partition coefficient (Wildman–Crippen LogP) is 14.5. The molecular formula is C43H78N2O7S2. The lowest BCUT2D eigenvalue weighted by atomic mass is 10.0. The molecule has 2 N–H and O–H groups in total. The van der Waals surface area contributed by atoms with E-state index in [1.807, 2.05) is 18.2 Å². The second-order valence-electron chi connectivity index (χ2n) is 15.0. The average molecular weight is 799 g/mol. The number of amides is 2. The van der Waals surface area contributed by atoms with Gasteiger partial charge < -0.3 is 0 Å². The number of carbonyl (C=O) groups is 2. The van der Waals surface area contributed by atoms with Crippen molar-refractivity contribution in [3.05, 3.63) is 24.4 Å². The standard InChI is InChI=1S/C39H73NO4S2.C4H5NO3/c1-2-3-4-5-6-7-8-9-10-11-12-13-14-15-16-17-18-19-20-21-22-23-24-25-26-27-28-29-30-31-32-36-39(42-44-43-41)46-45-38-35-33-34-37-40-38;6-3-1-2-4(7)5(3)8/h33-35,37,39,41H,2-32,36H2,1H3;8H,1-2H2. The minimum Gasteiger partial charge on any atom is -0.279 e. The molecule has 0 spiro atoms. The third-order valence-electron chi connectivity index (χ3n) is 10.1. The van der Waals surface area contributed by atoms with Gasteiger partial charge in [0.15, 0.2) is 5.44 Å². The molecule has 2 amide bonds. The number of rotatable bonds is 38. The van der Waals surface area contributed by atoms with Gasteiger partial charge in [0.2, 0.25) is 0 Å². The fourth-order valence-corrected chi connectivity index (χ4v) is 8.82. The molecule has 314 valence electrons. The lowest BCUT2D eigenvalue weighted by molar-refractivity contribution is -0.626. The van der Waals surface area contributed by atoms with Gasteiger partial charge in [-0.3, -0.25) is 14.8 Å². The lowest BCUT2D eigenvalue weighted by Crippen LogP contribution is -2.24. The Morgan fingerprint density at radius 3 is 1.28 bits per heavy atom. The summed E-state index contributed by atoms with van der Waals surface area (Å²) in [6.07, 6.45) is 46.8. The molecule has 9 nitrogen and oxygen atoms in total. The number of nitrogens with zero attached hydrogens (tertiary/aromatic N) is 2. The van der Waals surface area contributed by atoms with Crippen LogP contribution >= 0.6 is 21.6 Å². The summed E-state index contributed by atoms with van der Waals surface area (Å²) in [6, 6.07) is 5.82. The quantitative estimate of drug-likeness (QED) is 0.0127. The van der Waals surface area contributed by atoms with Crippen LogP contribution in [0.5, 0.6) is 0 Å². The van der Waals surface area contributed by atoms with E-state index in [0.717, 1.165) is 17.9 Å². The van der Waals surface area contributed by atoms with Gasteiger partial charge in [-0.2, -0.15) is 9.95 Å². The van der Waals surface area contributed by atoms with Crippen LogP contribution in [0.15, 0.2) is 29.4 Å². The van der Waals surface area contributed by atoms with Crippen LogP contribution in [0, 0.1) is 0 Å². The van der Waals surface area contributed by atoms with E-state index < -0.39 is 11.8 Å². The molecule has 2 heterocycles. The Bertz CT molecular complexity index is 947. The van der Waals surface area contributed by atoms with Crippen LogP contribution in [0.25, 0.3) is 0 Å². The molecule has 1 aliphatic rings. The van der Waals surface area contributed by atoms with Gasteiger partial charge in [-0.25, -0.2) is 10.2 Å². The van der Waals surface area contributed by atoms with E-state index in [9.17, 15) is 9.59 Å². The molecular weight excluding hydrogens is 721 g/mol. The highest BCUT2D eigenvalue weighted by atomic mass is 33.1. The predicted molar refractivity (Wildman–Crippen MR) is 224 cm³/mol. The summed E-state index contributed by atoms with van der Waals surface area (Å²) in [5.41, 5.74) is -0.220. The van der Waals surface area contributed by atoms with E-state index >= 15 is 0 Å². The maximum Gasteiger partial charge on any atom is 0.253 e. The first-order chi connectivity index (χ1) is 26.6. The second-order valence-corrected chi connectivity index (χ2v) is 17.4. The van der Waals surface area contributed by atoms with E-state index in [-0.39, 0.29) is 23.3 Å². The first kappa shape index (κ1) is 50.8. The maximum atomic E-state index is 10.2. The van der Waals surface area contributed by atoms with Crippen molar-refractivity contribution in [1.82, 2.24) is 10.0 Å². The molecule has 54 heavy (non-hydrogen) atoms. The Balaban J connectivity index is 0.00000160. The van der Waals surface area contributed by atoms with Crippen LogP contribution in [0.1, 0.15) is 225 Å². The fraction of sp³-hybridized carbons (Fsp3) is 0.837. The summed E-state index contributed by atoms with van der Waals surface area (Å²) >= 11 is 0. The third kappa shape index (κ3) is 33.0. The van der Waals surface area contributed by atoms with Crippen LogP contribution in [0.3, 0.4) is 0 Å². The van der Waals surface area contributed by atoms with Crippen LogP contribution in [0.2, 0.25) is 0 Å². The lowest BCUT2D eigenvalue weighted by Gasteiger charge is -2.13. The van der Waals surface area contributed by atoms with E-state index in [0.29, 0.717) is 0 Å². The highest BCUT2D eigenvalue weighted by molar-refractivity contribution is 8.76. The minimum atomic E-state index is -0.505. The molecule has 1 aromatic rings. The van der Waals surface area contributed by atoms with Crippen molar-refractivity contribution in [1.29, 1.82) is 0 Å². The van der Waals surface area contributed by atoms with Gasteiger partial charge in [-0.15, -0.1) is 0 Å². The average Bonchev–Trinajstić information content (AvgIpc) is 3.48. The van der Waals surface area contributed by atoms with Crippen LogP contribution < -0.4 is 0 Å². The highest BCUT2D eigenvalue weighted by Gasteiger charge is 2.26. The summed E-state index contributed by atoms with van der Waals surface area (Å²) in [5.74, 6) is -1.01. The van der Waals surface area contributed by atoms with Gasteiger partial charge in [0.05, 0.1) is 0 Å². The van der Waals surface area contributed by atoms with Crippen molar-refractivity contribution < 1.29 is 35.0 Å². The van der Waals surface area contributed by atoms with E-state index in [1.54, 1.807) is 6.20 Å². The van der Waals surface area contributed by atoms with Crippen molar-refractivity contribution in [3.8, 4) is 0 Å². The third-order valence-corrected chi connectivity index (χ3v) is 12.6. The van der Waals surface area contributed by atoms with Gasteiger partial charge in [-0.05, 0) is 45.8 Å². The molecule has 0 saturated carbocycles.